The van der Waals surface area contributed by atoms with Crippen molar-refractivity contribution in [3.05, 3.63) is 126 Å². The Kier molecular flexibility index (Phi) is 4.69. The normalized spacial score (nSPS) is 18.9. The molecule has 182 valence electrons. The van der Waals surface area contributed by atoms with Gasteiger partial charge in [-0.3, -0.25) is 4.40 Å². The van der Waals surface area contributed by atoms with Crippen LogP contribution in [-0.4, -0.2) is 14.4 Å². The van der Waals surface area contributed by atoms with E-state index in [-0.39, 0.29) is 11.8 Å². The van der Waals surface area contributed by atoms with Crippen LogP contribution in [0.2, 0.25) is 0 Å². The third kappa shape index (κ3) is 3.08. The molecule has 38 heavy (non-hydrogen) atoms. The number of aryl methyl sites for hydroxylation is 1. The van der Waals surface area contributed by atoms with Crippen molar-refractivity contribution in [2.75, 3.05) is 0 Å². The molecule has 0 amide bonds. The summed E-state index contributed by atoms with van der Waals surface area (Å²) in [5.74, 6) is 0.471. The number of fused-ring (bicyclic) bond motifs is 7. The van der Waals surface area contributed by atoms with Gasteiger partial charge in [-0.2, -0.15) is 0 Å². The first-order chi connectivity index (χ1) is 18.8. The van der Waals surface area contributed by atoms with Crippen LogP contribution in [-0.2, 0) is 6.42 Å². The first kappa shape index (κ1) is 21.6. The number of hydrogen-bond donors (Lipinski definition) is 0. The van der Waals surface area contributed by atoms with Crippen LogP contribution in [0.1, 0.15) is 41.8 Å². The minimum absolute atomic E-state index is 0.230. The summed E-state index contributed by atoms with van der Waals surface area (Å²) in [4.78, 5) is 10.5. The van der Waals surface area contributed by atoms with Gasteiger partial charge in [0.1, 0.15) is 5.65 Å². The first-order valence-electron chi connectivity index (χ1n) is 13.5. The highest BCUT2D eigenvalue weighted by molar-refractivity contribution is 6.03. The number of aromatic nitrogens is 3. The van der Waals surface area contributed by atoms with Gasteiger partial charge in [0.05, 0.1) is 22.4 Å². The second kappa shape index (κ2) is 8.26. The monoisotopic (exact) mass is 489 g/mol. The van der Waals surface area contributed by atoms with E-state index in [4.69, 9.17) is 9.97 Å². The Hall–Kier alpha value is -4.50. The average Bonchev–Trinajstić information content (AvgIpc) is 3.36. The Morgan fingerprint density at radius 3 is 2.45 bits per heavy atom. The molecule has 0 radical (unpaired) electrons. The molecular weight excluding hydrogens is 462 g/mol. The summed E-state index contributed by atoms with van der Waals surface area (Å²) in [7, 11) is 0. The van der Waals surface area contributed by atoms with E-state index in [1.165, 1.54) is 38.2 Å². The fraction of sp³-hybridized carbons (Fsp3) is 0.143. The van der Waals surface area contributed by atoms with Crippen LogP contribution in [0.4, 0.5) is 0 Å². The summed E-state index contributed by atoms with van der Waals surface area (Å²) in [6.07, 6.45) is 15.5. The summed E-state index contributed by atoms with van der Waals surface area (Å²) >= 11 is 0. The molecule has 0 aliphatic heterocycles. The first-order valence-corrected chi connectivity index (χ1v) is 13.5. The molecule has 0 saturated heterocycles. The second-order valence-corrected chi connectivity index (χ2v) is 10.6. The van der Waals surface area contributed by atoms with Gasteiger partial charge in [-0.15, -0.1) is 0 Å². The molecule has 6 aromatic rings. The standard InChI is InChI=1S/C35H27N3/c1-22-25(32-27-13-4-2-11-23(27)21-24-12-3-5-14-28(24)32)16-10-17-26(22)33-35-34(29-15-6-7-18-30(29)36-33)37-31-19-8-9-20-38(31)35/h2-5,7-14,16-22,25H,6,15H2,1H3. The minimum atomic E-state index is 0.230. The van der Waals surface area contributed by atoms with Crippen LogP contribution in [0.25, 0.3) is 49.9 Å². The maximum absolute atomic E-state index is 5.34. The summed E-state index contributed by atoms with van der Waals surface area (Å²) in [6, 6.07) is 26.2. The number of nitrogens with zero attached hydrogens (tertiary/aromatic N) is 3. The van der Waals surface area contributed by atoms with Crippen LogP contribution in [0.3, 0.4) is 0 Å². The topological polar surface area (TPSA) is 30.2 Å². The molecule has 3 nitrogen and oxygen atoms in total. The summed E-state index contributed by atoms with van der Waals surface area (Å²) in [5, 5.41) is 5.24. The smallest absolute Gasteiger partial charge is 0.137 e. The molecule has 3 heteroatoms. The van der Waals surface area contributed by atoms with E-state index in [0.29, 0.717) is 0 Å². The van der Waals surface area contributed by atoms with Crippen molar-refractivity contribution in [3.8, 4) is 0 Å². The molecule has 2 atom stereocenters. The highest BCUT2D eigenvalue weighted by Crippen LogP contribution is 2.45. The van der Waals surface area contributed by atoms with Crippen molar-refractivity contribution in [1.82, 2.24) is 14.4 Å². The number of pyridine rings is 2. The zero-order valence-electron chi connectivity index (χ0n) is 21.3. The van der Waals surface area contributed by atoms with Crippen LogP contribution >= 0.6 is 0 Å². The van der Waals surface area contributed by atoms with Gasteiger partial charge in [0.2, 0.25) is 0 Å². The fourth-order valence-corrected chi connectivity index (χ4v) is 6.64. The Labute approximate surface area is 221 Å². The molecule has 2 unspecified atom stereocenters. The number of hydrogen-bond acceptors (Lipinski definition) is 2. The number of benzene rings is 3. The van der Waals surface area contributed by atoms with E-state index < -0.39 is 0 Å². The number of rotatable bonds is 2. The molecule has 0 N–H and O–H groups in total. The van der Waals surface area contributed by atoms with E-state index >= 15 is 0 Å². The van der Waals surface area contributed by atoms with Gasteiger partial charge in [-0.05, 0) is 75.7 Å². The van der Waals surface area contributed by atoms with Crippen molar-refractivity contribution < 1.29 is 0 Å². The van der Waals surface area contributed by atoms with Gasteiger partial charge in [-0.25, -0.2) is 9.97 Å². The lowest BCUT2D eigenvalue weighted by Gasteiger charge is -2.29. The molecule has 8 rings (SSSR count). The predicted octanol–water partition coefficient (Wildman–Crippen LogP) is 8.52. The van der Waals surface area contributed by atoms with Gasteiger partial charge >= 0.3 is 0 Å². The zero-order chi connectivity index (χ0) is 25.2. The van der Waals surface area contributed by atoms with E-state index in [9.17, 15) is 0 Å². The predicted molar refractivity (Wildman–Crippen MR) is 158 cm³/mol. The van der Waals surface area contributed by atoms with Crippen molar-refractivity contribution in [2.45, 2.75) is 25.7 Å². The fourth-order valence-electron chi connectivity index (χ4n) is 6.64. The maximum atomic E-state index is 5.34. The van der Waals surface area contributed by atoms with E-state index in [1.807, 2.05) is 0 Å². The van der Waals surface area contributed by atoms with Crippen molar-refractivity contribution in [1.29, 1.82) is 0 Å². The van der Waals surface area contributed by atoms with E-state index in [0.717, 1.165) is 40.9 Å². The van der Waals surface area contributed by atoms with Crippen LogP contribution in [0.15, 0.2) is 103 Å². The SMILES string of the molecule is CC1C(c2nc3c(c4nc5ccccn5c24)CCC=C3)=CC=CC1c1c2ccccc2cc2ccccc12. The molecule has 3 heterocycles. The van der Waals surface area contributed by atoms with Crippen LogP contribution in [0.5, 0.6) is 0 Å². The Morgan fingerprint density at radius 2 is 1.63 bits per heavy atom. The quantitative estimate of drug-likeness (QED) is 0.228. The third-order valence-corrected chi connectivity index (χ3v) is 8.46. The lowest BCUT2D eigenvalue weighted by atomic mass is 9.75. The van der Waals surface area contributed by atoms with Crippen molar-refractivity contribution in [3.63, 3.8) is 0 Å². The van der Waals surface area contributed by atoms with E-state index in [1.54, 1.807) is 0 Å². The van der Waals surface area contributed by atoms with Crippen molar-refractivity contribution >= 4 is 49.9 Å². The Balaban J connectivity index is 1.38. The van der Waals surface area contributed by atoms with Gasteiger partial charge in [0.25, 0.3) is 0 Å². The molecule has 3 aromatic heterocycles. The minimum Gasteiger partial charge on any atom is -0.298 e. The molecule has 0 fully saturated rings. The molecule has 0 saturated carbocycles. The lowest BCUT2D eigenvalue weighted by molar-refractivity contribution is 0.659. The lowest BCUT2D eigenvalue weighted by Crippen LogP contribution is -2.15. The second-order valence-electron chi connectivity index (χ2n) is 10.6. The summed E-state index contributed by atoms with van der Waals surface area (Å²) in [5.41, 5.74) is 9.26. The molecule has 2 aliphatic carbocycles. The maximum Gasteiger partial charge on any atom is 0.137 e. The van der Waals surface area contributed by atoms with Crippen molar-refractivity contribution in [2.24, 2.45) is 5.92 Å². The zero-order valence-corrected chi connectivity index (χ0v) is 21.3. The molecule has 0 bridgehead atoms. The van der Waals surface area contributed by atoms with E-state index in [2.05, 4.69) is 121 Å². The third-order valence-electron chi connectivity index (χ3n) is 8.46. The summed E-state index contributed by atoms with van der Waals surface area (Å²) < 4.78 is 2.23. The Morgan fingerprint density at radius 1 is 0.868 bits per heavy atom. The van der Waals surface area contributed by atoms with Gasteiger partial charge in [-0.1, -0.05) is 85.8 Å². The largest absolute Gasteiger partial charge is 0.298 e. The Bertz CT molecular complexity index is 1950. The summed E-state index contributed by atoms with van der Waals surface area (Å²) in [6.45, 7) is 2.36. The molecule has 3 aromatic carbocycles. The number of allylic oxidation sites excluding steroid dienone is 5. The van der Waals surface area contributed by atoms with Crippen LogP contribution in [0, 0.1) is 5.92 Å². The number of imidazole rings is 1. The van der Waals surface area contributed by atoms with Crippen LogP contribution < -0.4 is 0 Å². The highest BCUT2D eigenvalue weighted by Gasteiger charge is 2.30. The highest BCUT2D eigenvalue weighted by atomic mass is 15.0. The molecular formula is C35H27N3. The van der Waals surface area contributed by atoms with Gasteiger partial charge < -0.3 is 0 Å². The van der Waals surface area contributed by atoms with Gasteiger partial charge in [0, 0.05) is 17.7 Å². The molecule has 2 aliphatic rings. The average molecular weight is 490 g/mol. The van der Waals surface area contributed by atoms with Gasteiger partial charge in [0.15, 0.2) is 0 Å². The molecule has 0 spiro atoms.